The lowest BCUT2D eigenvalue weighted by Crippen LogP contribution is -2.30. The van der Waals surface area contributed by atoms with Crippen molar-refractivity contribution in [1.29, 1.82) is 0 Å². The molecule has 1 aromatic carbocycles. The van der Waals surface area contributed by atoms with Crippen molar-refractivity contribution in [3.63, 3.8) is 0 Å². The summed E-state index contributed by atoms with van der Waals surface area (Å²) in [4.78, 5) is 41.6. The fourth-order valence-corrected chi connectivity index (χ4v) is 3.78. The molecule has 1 aliphatic heterocycles. The summed E-state index contributed by atoms with van der Waals surface area (Å²) in [6, 6.07) is 7.73. The predicted molar refractivity (Wildman–Crippen MR) is 110 cm³/mol. The van der Waals surface area contributed by atoms with Crippen LogP contribution in [0, 0.1) is 5.92 Å². The predicted octanol–water partition coefficient (Wildman–Crippen LogP) is 1.88. The molecule has 2 N–H and O–H groups in total. The molecule has 0 aliphatic carbocycles. The fraction of sp³-hybridized carbons (Fsp3) is 0.400. The molecule has 1 unspecified atom stereocenters. The monoisotopic (exact) mass is 416 g/mol. The second kappa shape index (κ2) is 9.62. The van der Waals surface area contributed by atoms with Crippen LogP contribution < -0.4 is 10.6 Å². The molecule has 29 heavy (non-hydrogen) atoms. The Bertz CT molecular complexity index is 881. The molecular weight excluding hydrogens is 392 g/mol. The Morgan fingerprint density at radius 3 is 2.76 bits per heavy atom. The minimum absolute atomic E-state index is 0.0265. The molecule has 1 atom stereocenters. The molecular formula is C20H24N4O4S. The minimum atomic E-state index is -0.375. The largest absolute Gasteiger partial charge is 0.383 e. The first-order valence-electron chi connectivity index (χ1n) is 9.33. The highest BCUT2D eigenvalue weighted by Gasteiger charge is 2.34. The minimum Gasteiger partial charge on any atom is -0.383 e. The maximum atomic E-state index is 12.5. The van der Waals surface area contributed by atoms with Crippen LogP contribution in [0.2, 0.25) is 0 Å². The molecule has 0 bridgehead atoms. The van der Waals surface area contributed by atoms with Crippen LogP contribution in [-0.4, -0.2) is 54.4 Å². The molecule has 0 spiro atoms. The molecule has 2 heterocycles. The number of methoxy groups -OCH3 is 1. The van der Waals surface area contributed by atoms with E-state index in [0.29, 0.717) is 31.4 Å². The zero-order valence-corrected chi connectivity index (χ0v) is 17.3. The van der Waals surface area contributed by atoms with Crippen LogP contribution >= 0.6 is 11.3 Å². The number of hydrogen-bond acceptors (Lipinski definition) is 6. The number of thiazole rings is 1. The van der Waals surface area contributed by atoms with E-state index in [4.69, 9.17) is 4.74 Å². The highest BCUT2D eigenvalue weighted by Crippen LogP contribution is 2.26. The standard InChI is InChI=1S/C20H24N4O4S/c1-13(25)21-10-14-3-5-15(6-4-14)17-12-29-20(22-17)23-19(27)16-9-18(26)24(11-16)7-8-28-2/h3-6,12,16H,7-11H2,1-2H3,(H,21,25)(H,22,23,27). The molecule has 2 aromatic rings. The van der Waals surface area contributed by atoms with Crippen LogP contribution in [0.4, 0.5) is 5.13 Å². The van der Waals surface area contributed by atoms with Crippen LogP contribution in [0.15, 0.2) is 29.6 Å². The molecule has 154 valence electrons. The molecule has 1 fully saturated rings. The van der Waals surface area contributed by atoms with E-state index < -0.39 is 0 Å². The second-order valence-electron chi connectivity index (χ2n) is 6.87. The van der Waals surface area contributed by atoms with Gasteiger partial charge in [-0.3, -0.25) is 14.4 Å². The van der Waals surface area contributed by atoms with E-state index in [1.54, 1.807) is 12.0 Å². The number of rotatable bonds is 8. The smallest absolute Gasteiger partial charge is 0.231 e. The summed E-state index contributed by atoms with van der Waals surface area (Å²) in [5.74, 6) is -0.661. The molecule has 3 rings (SSSR count). The Kier molecular flexibility index (Phi) is 6.95. The molecule has 0 radical (unpaired) electrons. The zero-order valence-electron chi connectivity index (χ0n) is 16.4. The number of likely N-dealkylation sites (tertiary alicyclic amines) is 1. The topological polar surface area (TPSA) is 101 Å². The van der Waals surface area contributed by atoms with Crippen LogP contribution in [0.3, 0.4) is 0 Å². The van der Waals surface area contributed by atoms with Gasteiger partial charge in [0.25, 0.3) is 0 Å². The van der Waals surface area contributed by atoms with Gasteiger partial charge in [0.15, 0.2) is 5.13 Å². The van der Waals surface area contributed by atoms with Crippen molar-refractivity contribution in [2.75, 3.05) is 32.1 Å². The molecule has 9 heteroatoms. The van der Waals surface area contributed by atoms with Crippen molar-refractivity contribution in [3.8, 4) is 11.3 Å². The first-order valence-corrected chi connectivity index (χ1v) is 10.2. The number of hydrogen-bond donors (Lipinski definition) is 2. The Morgan fingerprint density at radius 2 is 2.07 bits per heavy atom. The highest BCUT2D eigenvalue weighted by atomic mass is 32.1. The molecule has 0 saturated carbocycles. The summed E-state index contributed by atoms with van der Waals surface area (Å²) in [5, 5.41) is 7.97. The lowest BCUT2D eigenvalue weighted by atomic mass is 10.1. The third kappa shape index (κ3) is 5.61. The van der Waals surface area contributed by atoms with Crippen molar-refractivity contribution in [3.05, 3.63) is 35.2 Å². The van der Waals surface area contributed by atoms with Gasteiger partial charge < -0.3 is 20.3 Å². The molecule has 1 aromatic heterocycles. The van der Waals surface area contributed by atoms with Gasteiger partial charge in [0, 0.05) is 51.0 Å². The Hall–Kier alpha value is -2.78. The van der Waals surface area contributed by atoms with Gasteiger partial charge in [-0.05, 0) is 5.56 Å². The summed E-state index contributed by atoms with van der Waals surface area (Å²) in [6.45, 7) is 3.33. The van der Waals surface area contributed by atoms with Gasteiger partial charge in [-0.1, -0.05) is 24.3 Å². The fourth-order valence-electron chi connectivity index (χ4n) is 3.06. The van der Waals surface area contributed by atoms with Gasteiger partial charge in [-0.25, -0.2) is 4.98 Å². The molecule has 1 aliphatic rings. The van der Waals surface area contributed by atoms with Gasteiger partial charge >= 0.3 is 0 Å². The Balaban J connectivity index is 1.57. The van der Waals surface area contributed by atoms with E-state index in [1.807, 2.05) is 29.6 Å². The summed E-state index contributed by atoms with van der Waals surface area (Å²) >= 11 is 1.35. The number of nitrogens with zero attached hydrogens (tertiary/aromatic N) is 2. The quantitative estimate of drug-likeness (QED) is 0.684. The van der Waals surface area contributed by atoms with Crippen molar-refractivity contribution >= 4 is 34.2 Å². The molecule has 1 saturated heterocycles. The summed E-state index contributed by atoms with van der Waals surface area (Å²) < 4.78 is 5.00. The van der Waals surface area contributed by atoms with Gasteiger partial charge in [-0.15, -0.1) is 11.3 Å². The second-order valence-corrected chi connectivity index (χ2v) is 7.73. The van der Waals surface area contributed by atoms with E-state index in [2.05, 4.69) is 15.6 Å². The number of benzene rings is 1. The summed E-state index contributed by atoms with van der Waals surface area (Å²) in [7, 11) is 1.58. The van der Waals surface area contributed by atoms with Crippen LogP contribution in [0.5, 0.6) is 0 Å². The number of amides is 3. The number of carbonyl (C=O) groups excluding carboxylic acids is 3. The van der Waals surface area contributed by atoms with E-state index in [9.17, 15) is 14.4 Å². The SMILES string of the molecule is COCCN1CC(C(=O)Nc2nc(-c3ccc(CNC(C)=O)cc3)cs2)CC1=O. The zero-order chi connectivity index (χ0) is 20.8. The van der Waals surface area contributed by atoms with E-state index in [0.717, 1.165) is 16.8 Å². The summed E-state index contributed by atoms with van der Waals surface area (Å²) in [5.41, 5.74) is 2.69. The van der Waals surface area contributed by atoms with Crippen molar-refractivity contribution < 1.29 is 19.1 Å². The van der Waals surface area contributed by atoms with Crippen LogP contribution in [0.25, 0.3) is 11.3 Å². The molecule has 8 nitrogen and oxygen atoms in total. The lowest BCUT2D eigenvalue weighted by molar-refractivity contribution is -0.128. The maximum absolute atomic E-state index is 12.5. The van der Waals surface area contributed by atoms with Crippen molar-refractivity contribution in [1.82, 2.24) is 15.2 Å². The van der Waals surface area contributed by atoms with E-state index in [1.165, 1.54) is 18.3 Å². The van der Waals surface area contributed by atoms with Crippen LogP contribution in [-0.2, 0) is 25.7 Å². The third-order valence-electron chi connectivity index (χ3n) is 4.68. The van der Waals surface area contributed by atoms with E-state index in [-0.39, 0.29) is 30.1 Å². The Morgan fingerprint density at radius 1 is 1.31 bits per heavy atom. The van der Waals surface area contributed by atoms with Gasteiger partial charge in [-0.2, -0.15) is 0 Å². The first kappa shape index (κ1) is 20.9. The number of ether oxygens (including phenoxy) is 1. The number of anilines is 1. The summed E-state index contributed by atoms with van der Waals surface area (Å²) in [6.07, 6.45) is 0.212. The van der Waals surface area contributed by atoms with Crippen LogP contribution in [0.1, 0.15) is 18.9 Å². The van der Waals surface area contributed by atoms with Gasteiger partial charge in [0.1, 0.15) is 0 Å². The number of aromatic nitrogens is 1. The normalized spacial score (nSPS) is 16.1. The van der Waals surface area contributed by atoms with Crippen molar-refractivity contribution in [2.45, 2.75) is 19.9 Å². The van der Waals surface area contributed by atoms with Gasteiger partial charge in [0.2, 0.25) is 17.7 Å². The van der Waals surface area contributed by atoms with Gasteiger partial charge in [0.05, 0.1) is 18.2 Å². The first-order chi connectivity index (χ1) is 14.0. The maximum Gasteiger partial charge on any atom is 0.231 e. The number of carbonyl (C=O) groups is 3. The lowest BCUT2D eigenvalue weighted by Gasteiger charge is -2.15. The average Bonchev–Trinajstić information content (AvgIpc) is 3.32. The third-order valence-corrected chi connectivity index (χ3v) is 5.43. The average molecular weight is 417 g/mol. The Labute approximate surface area is 173 Å². The molecule has 3 amide bonds. The van der Waals surface area contributed by atoms with Crippen molar-refractivity contribution in [2.24, 2.45) is 5.92 Å². The van der Waals surface area contributed by atoms with E-state index >= 15 is 0 Å². The highest BCUT2D eigenvalue weighted by molar-refractivity contribution is 7.14. The number of nitrogens with one attached hydrogen (secondary N) is 2.